The molecular weight excluding hydrogens is 337 g/mol. The molecule has 0 radical (unpaired) electrons. The molecule has 2 aliphatic rings. The first-order valence-electron chi connectivity index (χ1n) is 7.48. The van der Waals surface area contributed by atoms with Crippen LogP contribution in [0.1, 0.15) is 42.1 Å². The molecule has 3 atom stereocenters. The SMILES string of the molecule is CCC1OCCC1C(Br)c1cc2c(cc1F)NC(=O)CC2. The summed E-state index contributed by atoms with van der Waals surface area (Å²) >= 11 is 3.68. The van der Waals surface area contributed by atoms with Gasteiger partial charge in [-0.25, -0.2) is 4.39 Å². The van der Waals surface area contributed by atoms with Gasteiger partial charge in [0.2, 0.25) is 5.91 Å². The summed E-state index contributed by atoms with van der Waals surface area (Å²) in [5.41, 5.74) is 2.31. The molecule has 5 heteroatoms. The van der Waals surface area contributed by atoms with Crippen LogP contribution in [0.15, 0.2) is 12.1 Å². The fraction of sp³-hybridized carbons (Fsp3) is 0.562. The summed E-state index contributed by atoms with van der Waals surface area (Å²) in [4.78, 5) is 11.3. The highest BCUT2D eigenvalue weighted by Gasteiger charge is 2.34. The lowest BCUT2D eigenvalue weighted by Crippen LogP contribution is -2.22. The van der Waals surface area contributed by atoms with Gasteiger partial charge in [0, 0.05) is 35.0 Å². The number of carbonyl (C=O) groups is 1. The number of alkyl halides is 1. The number of nitrogens with one attached hydrogen (secondary N) is 1. The van der Waals surface area contributed by atoms with Crippen molar-refractivity contribution in [3.63, 3.8) is 0 Å². The summed E-state index contributed by atoms with van der Waals surface area (Å²) in [6.07, 6.45) is 3.21. The van der Waals surface area contributed by atoms with Gasteiger partial charge in [0.25, 0.3) is 0 Å². The predicted molar refractivity (Wildman–Crippen MR) is 83.2 cm³/mol. The van der Waals surface area contributed by atoms with Gasteiger partial charge in [-0.1, -0.05) is 22.9 Å². The Morgan fingerprint density at radius 1 is 1.48 bits per heavy atom. The summed E-state index contributed by atoms with van der Waals surface area (Å²) in [7, 11) is 0. The van der Waals surface area contributed by atoms with Gasteiger partial charge in [0.05, 0.1) is 6.10 Å². The molecule has 3 nitrogen and oxygen atoms in total. The van der Waals surface area contributed by atoms with Crippen LogP contribution in [-0.2, 0) is 16.0 Å². The Morgan fingerprint density at radius 3 is 3.05 bits per heavy atom. The Morgan fingerprint density at radius 2 is 2.29 bits per heavy atom. The third kappa shape index (κ3) is 2.86. The van der Waals surface area contributed by atoms with Gasteiger partial charge in [0.1, 0.15) is 5.82 Å². The van der Waals surface area contributed by atoms with Gasteiger partial charge < -0.3 is 10.1 Å². The third-order valence-electron chi connectivity index (χ3n) is 4.45. The highest BCUT2D eigenvalue weighted by molar-refractivity contribution is 9.09. The van der Waals surface area contributed by atoms with Gasteiger partial charge in [0.15, 0.2) is 0 Å². The first kappa shape index (κ1) is 15.0. The summed E-state index contributed by atoms with van der Waals surface area (Å²) in [6, 6.07) is 3.35. The molecular formula is C16H19BrFNO2. The van der Waals surface area contributed by atoms with E-state index in [1.165, 1.54) is 6.07 Å². The van der Waals surface area contributed by atoms with E-state index < -0.39 is 0 Å². The van der Waals surface area contributed by atoms with Crippen LogP contribution in [0, 0.1) is 11.7 Å². The molecule has 1 saturated heterocycles. The summed E-state index contributed by atoms with van der Waals surface area (Å²) in [6.45, 7) is 2.84. The Balaban J connectivity index is 1.90. The second kappa shape index (κ2) is 6.05. The minimum atomic E-state index is -0.264. The Labute approximate surface area is 132 Å². The molecule has 2 heterocycles. The van der Waals surface area contributed by atoms with Crippen LogP contribution in [0.25, 0.3) is 0 Å². The molecule has 0 spiro atoms. The number of anilines is 1. The number of rotatable bonds is 3. The lowest BCUT2D eigenvalue weighted by atomic mass is 9.89. The molecule has 1 N–H and O–H groups in total. The number of hydrogen-bond acceptors (Lipinski definition) is 2. The molecule has 1 fully saturated rings. The van der Waals surface area contributed by atoms with E-state index in [-0.39, 0.29) is 22.7 Å². The number of fused-ring (bicyclic) bond motifs is 1. The molecule has 1 aromatic carbocycles. The quantitative estimate of drug-likeness (QED) is 0.833. The van der Waals surface area contributed by atoms with Crippen molar-refractivity contribution in [1.29, 1.82) is 0 Å². The summed E-state index contributed by atoms with van der Waals surface area (Å²) < 4.78 is 20.1. The molecule has 0 bridgehead atoms. The van der Waals surface area contributed by atoms with Gasteiger partial charge >= 0.3 is 0 Å². The van der Waals surface area contributed by atoms with Crippen LogP contribution < -0.4 is 5.32 Å². The van der Waals surface area contributed by atoms with Crippen molar-refractivity contribution >= 4 is 27.5 Å². The fourth-order valence-electron chi connectivity index (χ4n) is 3.28. The average Bonchev–Trinajstić information content (AvgIpc) is 2.94. The first-order chi connectivity index (χ1) is 10.1. The van der Waals surface area contributed by atoms with Crippen molar-refractivity contribution in [2.45, 2.75) is 43.5 Å². The monoisotopic (exact) mass is 355 g/mol. The van der Waals surface area contributed by atoms with Crippen LogP contribution >= 0.6 is 15.9 Å². The van der Waals surface area contributed by atoms with Crippen molar-refractivity contribution in [3.05, 3.63) is 29.1 Å². The highest BCUT2D eigenvalue weighted by Crippen LogP contribution is 2.42. The van der Waals surface area contributed by atoms with E-state index in [2.05, 4.69) is 28.2 Å². The second-order valence-electron chi connectivity index (χ2n) is 5.75. The summed E-state index contributed by atoms with van der Waals surface area (Å²) in [5, 5.41) is 2.74. The molecule has 21 heavy (non-hydrogen) atoms. The standard InChI is InChI=1S/C16H19BrFNO2/c1-2-14-10(5-6-21-14)16(17)11-7-9-3-4-15(20)19-13(9)8-12(11)18/h7-8,10,14,16H,2-6H2,1H3,(H,19,20). The normalized spacial score (nSPS) is 26.3. The first-order valence-corrected chi connectivity index (χ1v) is 8.39. The van der Waals surface area contributed by atoms with Crippen LogP contribution in [0.3, 0.4) is 0 Å². The van der Waals surface area contributed by atoms with Gasteiger partial charge in [-0.2, -0.15) is 0 Å². The maximum atomic E-state index is 14.4. The largest absolute Gasteiger partial charge is 0.378 e. The van der Waals surface area contributed by atoms with Gasteiger partial charge in [-0.3, -0.25) is 4.79 Å². The van der Waals surface area contributed by atoms with Crippen LogP contribution in [0.2, 0.25) is 0 Å². The third-order valence-corrected chi connectivity index (χ3v) is 5.63. The van der Waals surface area contributed by atoms with Crippen LogP contribution in [0.4, 0.5) is 10.1 Å². The molecule has 3 unspecified atom stereocenters. The molecule has 0 aromatic heterocycles. The van der Waals surface area contributed by atoms with E-state index >= 15 is 0 Å². The minimum absolute atomic E-state index is 0.0414. The summed E-state index contributed by atoms with van der Waals surface area (Å²) in [5.74, 6) is -0.0133. The maximum absolute atomic E-state index is 14.4. The Bertz CT molecular complexity index is 563. The van der Waals surface area contributed by atoms with E-state index in [0.29, 0.717) is 30.0 Å². The predicted octanol–water partition coefficient (Wildman–Crippen LogP) is 3.96. The van der Waals surface area contributed by atoms with Crippen molar-refractivity contribution < 1.29 is 13.9 Å². The minimum Gasteiger partial charge on any atom is -0.378 e. The zero-order valence-corrected chi connectivity index (χ0v) is 13.6. The second-order valence-corrected chi connectivity index (χ2v) is 6.74. The van der Waals surface area contributed by atoms with E-state index in [9.17, 15) is 9.18 Å². The fourth-order valence-corrected chi connectivity index (χ4v) is 4.24. The van der Waals surface area contributed by atoms with Crippen LogP contribution in [-0.4, -0.2) is 18.6 Å². The van der Waals surface area contributed by atoms with Crippen LogP contribution in [0.5, 0.6) is 0 Å². The number of benzene rings is 1. The van der Waals surface area contributed by atoms with Crippen molar-refractivity contribution in [2.24, 2.45) is 5.92 Å². The highest BCUT2D eigenvalue weighted by atomic mass is 79.9. The average molecular weight is 356 g/mol. The van der Waals surface area contributed by atoms with E-state index in [1.807, 2.05) is 6.07 Å². The van der Waals surface area contributed by atoms with Crippen molar-refractivity contribution in [2.75, 3.05) is 11.9 Å². The zero-order valence-electron chi connectivity index (χ0n) is 12.0. The van der Waals surface area contributed by atoms with E-state index in [4.69, 9.17) is 4.74 Å². The molecule has 1 aromatic rings. The smallest absolute Gasteiger partial charge is 0.224 e. The molecule has 2 aliphatic heterocycles. The molecule has 0 aliphatic carbocycles. The number of halogens is 2. The number of hydrogen-bond donors (Lipinski definition) is 1. The number of amides is 1. The lowest BCUT2D eigenvalue weighted by molar-refractivity contribution is -0.116. The number of ether oxygens (including phenoxy) is 1. The van der Waals surface area contributed by atoms with Gasteiger partial charge in [-0.15, -0.1) is 0 Å². The Hall–Kier alpha value is -0.940. The van der Waals surface area contributed by atoms with E-state index in [0.717, 1.165) is 25.0 Å². The number of carbonyl (C=O) groups excluding carboxylic acids is 1. The number of aryl methyl sites for hydroxylation is 1. The van der Waals surface area contributed by atoms with Crippen molar-refractivity contribution in [1.82, 2.24) is 0 Å². The zero-order chi connectivity index (χ0) is 15.0. The molecule has 0 saturated carbocycles. The molecule has 1 amide bonds. The van der Waals surface area contributed by atoms with Gasteiger partial charge in [-0.05, 0) is 37.0 Å². The van der Waals surface area contributed by atoms with E-state index in [1.54, 1.807) is 0 Å². The maximum Gasteiger partial charge on any atom is 0.224 e. The lowest BCUT2D eigenvalue weighted by Gasteiger charge is -2.25. The topological polar surface area (TPSA) is 38.3 Å². The molecule has 3 rings (SSSR count). The Kier molecular flexibility index (Phi) is 4.31. The molecule has 114 valence electrons. The van der Waals surface area contributed by atoms with Crippen molar-refractivity contribution in [3.8, 4) is 0 Å².